The second-order valence-corrected chi connectivity index (χ2v) is 6.09. The number of hydrogen-bond acceptors (Lipinski definition) is 4. The van der Waals surface area contributed by atoms with Crippen LogP contribution in [0.1, 0.15) is 51.2 Å². The van der Waals surface area contributed by atoms with Crippen LogP contribution in [0.2, 0.25) is 0 Å². The minimum atomic E-state index is 0.304. The first-order chi connectivity index (χ1) is 10.1. The topological polar surface area (TPSA) is 66.5 Å². The first-order valence-corrected chi connectivity index (χ1v) is 7.88. The van der Waals surface area contributed by atoms with Crippen LogP contribution in [0.3, 0.4) is 0 Å². The lowest BCUT2D eigenvalue weighted by atomic mass is 10.00. The Labute approximate surface area is 127 Å². The zero-order valence-corrected chi connectivity index (χ0v) is 13.6. The smallest absolute Gasteiger partial charge is 0.228 e. The zero-order chi connectivity index (χ0) is 15.2. The molecule has 1 aliphatic heterocycles. The molecular weight excluding hydrogens is 266 g/mol. The SMILES string of the molecule is CN=C(NCCc1nc(C(C)C)no1)N1CCC(C)CC1. The van der Waals surface area contributed by atoms with E-state index in [4.69, 9.17) is 4.52 Å². The second kappa shape index (κ2) is 7.43. The van der Waals surface area contributed by atoms with E-state index in [1.54, 1.807) is 0 Å². The van der Waals surface area contributed by atoms with E-state index in [1.165, 1.54) is 12.8 Å². The van der Waals surface area contributed by atoms with Gasteiger partial charge in [0.2, 0.25) is 5.89 Å². The fourth-order valence-electron chi connectivity index (χ4n) is 2.44. The third-order valence-corrected chi connectivity index (χ3v) is 3.92. The van der Waals surface area contributed by atoms with Gasteiger partial charge >= 0.3 is 0 Å². The molecule has 0 aliphatic carbocycles. The molecule has 1 N–H and O–H groups in total. The first-order valence-electron chi connectivity index (χ1n) is 7.88. The molecule has 1 aromatic heterocycles. The number of aromatic nitrogens is 2. The van der Waals surface area contributed by atoms with Crippen LogP contribution < -0.4 is 5.32 Å². The molecule has 6 nitrogen and oxygen atoms in total. The van der Waals surface area contributed by atoms with Gasteiger partial charge in [-0.25, -0.2) is 0 Å². The van der Waals surface area contributed by atoms with Crippen molar-refractivity contribution in [2.75, 3.05) is 26.7 Å². The van der Waals surface area contributed by atoms with Crippen LogP contribution in [-0.4, -0.2) is 47.7 Å². The molecule has 6 heteroatoms. The minimum absolute atomic E-state index is 0.304. The first kappa shape index (κ1) is 15.8. The molecule has 1 aromatic rings. The van der Waals surface area contributed by atoms with Crippen LogP contribution in [-0.2, 0) is 6.42 Å². The fraction of sp³-hybridized carbons (Fsp3) is 0.800. The number of aliphatic imine (C=N–C) groups is 1. The van der Waals surface area contributed by atoms with E-state index in [2.05, 4.69) is 46.1 Å². The molecular formula is C15H27N5O. The highest BCUT2D eigenvalue weighted by atomic mass is 16.5. The Morgan fingerprint density at radius 3 is 2.71 bits per heavy atom. The Morgan fingerprint density at radius 2 is 2.14 bits per heavy atom. The summed E-state index contributed by atoms with van der Waals surface area (Å²) >= 11 is 0. The van der Waals surface area contributed by atoms with Gasteiger partial charge in [-0.15, -0.1) is 0 Å². The second-order valence-electron chi connectivity index (χ2n) is 6.09. The Morgan fingerprint density at radius 1 is 1.43 bits per heavy atom. The van der Waals surface area contributed by atoms with Gasteiger partial charge in [-0.3, -0.25) is 4.99 Å². The number of nitrogens with one attached hydrogen (secondary N) is 1. The summed E-state index contributed by atoms with van der Waals surface area (Å²) in [6.45, 7) is 9.36. The normalized spacial score (nSPS) is 17.6. The Hall–Kier alpha value is -1.59. The maximum absolute atomic E-state index is 5.25. The zero-order valence-electron chi connectivity index (χ0n) is 13.6. The third kappa shape index (κ3) is 4.44. The standard InChI is InChI=1S/C15H27N5O/c1-11(2)14-18-13(21-19-14)5-8-17-15(16-4)20-9-6-12(3)7-10-20/h11-12H,5-10H2,1-4H3,(H,16,17). The molecule has 0 saturated carbocycles. The van der Waals surface area contributed by atoms with E-state index >= 15 is 0 Å². The van der Waals surface area contributed by atoms with Gasteiger partial charge < -0.3 is 14.7 Å². The molecule has 2 heterocycles. The maximum atomic E-state index is 5.25. The molecule has 1 fully saturated rings. The van der Waals surface area contributed by atoms with Gasteiger partial charge in [-0.1, -0.05) is 25.9 Å². The molecule has 1 saturated heterocycles. The van der Waals surface area contributed by atoms with Crippen LogP contribution in [0.15, 0.2) is 9.52 Å². The number of nitrogens with zero attached hydrogens (tertiary/aromatic N) is 4. The molecule has 0 radical (unpaired) electrons. The maximum Gasteiger partial charge on any atom is 0.228 e. The summed E-state index contributed by atoms with van der Waals surface area (Å²) in [5, 5.41) is 7.37. The highest BCUT2D eigenvalue weighted by Crippen LogP contribution is 2.15. The molecule has 0 bridgehead atoms. The Balaban J connectivity index is 1.78. The van der Waals surface area contributed by atoms with Crippen molar-refractivity contribution in [3.05, 3.63) is 11.7 Å². The van der Waals surface area contributed by atoms with Crippen molar-refractivity contribution in [2.24, 2.45) is 10.9 Å². The van der Waals surface area contributed by atoms with E-state index in [-0.39, 0.29) is 0 Å². The van der Waals surface area contributed by atoms with E-state index in [0.717, 1.165) is 43.8 Å². The van der Waals surface area contributed by atoms with Gasteiger partial charge in [-0.2, -0.15) is 4.98 Å². The molecule has 0 atom stereocenters. The largest absolute Gasteiger partial charge is 0.356 e. The van der Waals surface area contributed by atoms with Crippen molar-refractivity contribution < 1.29 is 4.52 Å². The molecule has 1 aliphatic rings. The van der Waals surface area contributed by atoms with Crippen molar-refractivity contribution in [3.8, 4) is 0 Å². The van der Waals surface area contributed by atoms with Crippen LogP contribution in [0, 0.1) is 5.92 Å². The summed E-state index contributed by atoms with van der Waals surface area (Å²) in [6.07, 6.45) is 3.20. The summed E-state index contributed by atoms with van der Waals surface area (Å²) in [4.78, 5) is 11.1. The van der Waals surface area contributed by atoms with Gasteiger partial charge in [0.15, 0.2) is 11.8 Å². The summed E-state index contributed by atoms with van der Waals surface area (Å²) in [6, 6.07) is 0. The van der Waals surface area contributed by atoms with Crippen molar-refractivity contribution >= 4 is 5.96 Å². The molecule has 118 valence electrons. The van der Waals surface area contributed by atoms with Crippen LogP contribution in [0.4, 0.5) is 0 Å². The quantitative estimate of drug-likeness (QED) is 0.680. The minimum Gasteiger partial charge on any atom is -0.356 e. The fourth-order valence-corrected chi connectivity index (χ4v) is 2.44. The van der Waals surface area contributed by atoms with Crippen LogP contribution in [0.5, 0.6) is 0 Å². The number of rotatable bonds is 4. The van der Waals surface area contributed by atoms with Gasteiger partial charge in [-0.05, 0) is 18.8 Å². The van der Waals surface area contributed by atoms with Crippen LogP contribution >= 0.6 is 0 Å². The third-order valence-electron chi connectivity index (χ3n) is 3.92. The lowest BCUT2D eigenvalue weighted by Gasteiger charge is -2.32. The van der Waals surface area contributed by atoms with Crippen molar-refractivity contribution in [1.29, 1.82) is 0 Å². The van der Waals surface area contributed by atoms with E-state index in [9.17, 15) is 0 Å². The van der Waals surface area contributed by atoms with Gasteiger partial charge in [0.25, 0.3) is 0 Å². The van der Waals surface area contributed by atoms with Crippen molar-refractivity contribution in [2.45, 2.75) is 46.0 Å². The number of hydrogen-bond donors (Lipinski definition) is 1. The molecule has 2 rings (SSSR count). The van der Waals surface area contributed by atoms with Gasteiger partial charge in [0, 0.05) is 39.0 Å². The predicted molar refractivity (Wildman–Crippen MR) is 83.4 cm³/mol. The van der Waals surface area contributed by atoms with Gasteiger partial charge in [0.05, 0.1) is 0 Å². The monoisotopic (exact) mass is 293 g/mol. The van der Waals surface area contributed by atoms with Crippen LogP contribution in [0.25, 0.3) is 0 Å². The molecule has 0 amide bonds. The molecule has 0 aromatic carbocycles. The van der Waals surface area contributed by atoms with E-state index < -0.39 is 0 Å². The average molecular weight is 293 g/mol. The molecule has 0 unspecified atom stereocenters. The summed E-state index contributed by atoms with van der Waals surface area (Å²) in [5.74, 6) is 3.57. The number of guanidine groups is 1. The highest BCUT2D eigenvalue weighted by molar-refractivity contribution is 5.79. The Bertz CT molecular complexity index is 460. The van der Waals surface area contributed by atoms with Gasteiger partial charge in [0.1, 0.15) is 0 Å². The summed E-state index contributed by atoms with van der Waals surface area (Å²) in [7, 11) is 1.84. The summed E-state index contributed by atoms with van der Waals surface area (Å²) in [5.41, 5.74) is 0. The van der Waals surface area contributed by atoms with E-state index in [0.29, 0.717) is 11.8 Å². The summed E-state index contributed by atoms with van der Waals surface area (Å²) < 4.78 is 5.25. The molecule has 21 heavy (non-hydrogen) atoms. The lowest BCUT2D eigenvalue weighted by Crippen LogP contribution is -2.45. The van der Waals surface area contributed by atoms with E-state index in [1.807, 2.05) is 7.05 Å². The average Bonchev–Trinajstić information content (AvgIpc) is 2.94. The number of piperidine rings is 1. The number of likely N-dealkylation sites (tertiary alicyclic amines) is 1. The highest BCUT2D eigenvalue weighted by Gasteiger charge is 2.18. The lowest BCUT2D eigenvalue weighted by molar-refractivity contribution is 0.273. The Kier molecular flexibility index (Phi) is 5.59. The van der Waals surface area contributed by atoms with Crippen molar-refractivity contribution in [1.82, 2.24) is 20.4 Å². The molecule has 0 spiro atoms. The van der Waals surface area contributed by atoms with Crippen molar-refractivity contribution in [3.63, 3.8) is 0 Å². The predicted octanol–water partition coefficient (Wildman–Crippen LogP) is 2.04.